The number of ether oxygens (including phenoxy) is 1. The Balaban J connectivity index is 2.06. The number of carbonyl (C=O) groups excluding carboxylic acids is 1. The molecule has 0 amide bonds. The Morgan fingerprint density at radius 2 is 2.55 bits per heavy atom. The summed E-state index contributed by atoms with van der Waals surface area (Å²) in [6.45, 7) is 2.50. The second kappa shape index (κ2) is 4.57. The van der Waals surface area contributed by atoms with E-state index >= 15 is 0 Å². The molecule has 0 aromatic carbocycles. The fraction of sp³-hybridized carbons (Fsp3) is 0.857. The smallest absolute Gasteiger partial charge is 0.320 e. The first-order valence-corrected chi connectivity index (χ1v) is 4.28. The zero-order chi connectivity index (χ0) is 8.10. The van der Waals surface area contributed by atoms with E-state index in [1.54, 1.807) is 0 Å². The molecular weight excluding hydrogens is 166 g/mol. The molecule has 1 fully saturated rings. The summed E-state index contributed by atoms with van der Waals surface area (Å²) in [6.07, 6.45) is 1.09. The molecule has 1 unspecified atom stereocenters. The highest BCUT2D eigenvalue weighted by molar-refractivity contribution is 6.26. The van der Waals surface area contributed by atoms with Crippen molar-refractivity contribution < 1.29 is 9.53 Å². The summed E-state index contributed by atoms with van der Waals surface area (Å²) in [4.78, 5) is 10.6. The Morgan fingerprint density at radius 3 is 3.09 bits per heavy atom. The van der Waals surface area contributed by atoms with E-state index in [-0.39, 0.29) is 11.8 Å². The van der Waals surface area contributed by atoms with Gasteiger partial charge in [-0.1, -0.05) is 0 Å². The number of rotatable bonds is 3. The van der Waals surface area contributed by atoms with Gasteiger partial charge in [0.05, 0.1) is 6.61 Å². The first-order valence-electron chi connectivity index (χ1n) is 3.75. The van der Waals surface area contributed by atoms with Crippen molar-refractivity contribution in [2.24, 2.45) is 5.92 Å². The number of nitrogens with one attached hydrogen (secondary N) is 1. The first-order chi connectivity index (χ1) is 5.33. The fourth-order valence-electron chi connectivity index (χ4n) is 1.11. The fourth-order valence-corrected chi connectivity index (χ4v) is 1.18. The van der Waals surface area contributed by atoms with E-state index in [4.69, 9.17) is 16.3 Å². The third-order valence-electron chi connectivity index (χ3n) is 1.75. The third-order valence-corrected chi connectivity index (χ3v) is 1.97. The van der Waals surface area contributed by atoms with Crippen molar-refractivity contribution in [3.05, 3.63) is 0 Å². The molecule has 1 rings (SSSR count). The van der Waals surface area contributed by atoms with E-state index in [1.807, 2.05) is 0 Å². The molecule has 0 saturated carbocycles. The molecule has 1 N–H and O–H groups in total. The van der Waals surface area contributed by atoms with Crippen molar-refractivity contribution in [1.29, 1.82) is 0 Å². The average molecular weight is 178 g/mol. The van der Waals surface area contributed by atoms with Gasteiger partial charge in [0.1, 0.15) is 5.88 Å². The second-order valence-corrected chi connectivity index (χ2v) is 2.94. The van der Waals surface area contributed by atoms with Crippen LogP contribution < -0.4 is 5.32 Å². The van der Waals surface area contributed by atoms with E-state index in [0.29, 0.717) is 12.5 Å². The van der Waals surface area contributed by atoms with Gasteiger partial charge in [-0.25, -0.2) is 0 Å². The predicted octanol–water partition coefficient (Wildman–Crippen LogP) is 0.378. The minimum atomic E-state index is -0.321. The molecular formula is C7H12ClNO2. The zero-order valence-corrected chi connectivity index (χ0v) is 7.06. The lowest BCUT2D eigenvalue weighted by atomic mass is 10.1. The summed E-state index contributed by atoms with van der Waals surface area (Å²) >= 11 is 5.25. The minimum Gasteiger partial charge on any atom is -0.464 e. The highest BCUT2D eigenvalue weighted by Crippen LogP contribution is 2.07. The summed E-state index contributed by atoms with van der Waals surface area (Å²) in [5.41, 5.74) is 0. The van der Waals surface area contributed by atoms with Gasteiger partial charge in [-0.3, -0.25) is 4.79 Å². The Kier molecular flexibility index (Phi) is 3.66. The van der Waals surface area contributed by atoms with Crippen molar-refractivity contribution in [3.63, 3.8) is 0 Å². The SMILES string of the molecule is O=C(CCl)OCC1CCNC1. The number of esters is 1. The molecule has 0 aliphatic carbocycles. The normalized spacial score (nSPS) is 23.5. The van der Waals surface area contributed by atoms with Gasteiger partial charge in [0, 0.05) is 12.5 Å². The van der Waals surface area contributed by atoms with Crippen LogP contribution in [0.2, 0.25) is 0 Å². The molecule has 11 heavy (non-hydrogen) atoms. The molecule has 1 aliphatic rings. The van der Waals surface area contributed by atoms with Gasteiger partial charge >= 0.3 is 5.97 Å². The topological polar surface area (TPSA) is 38.3 Å². The summed E-state index contributed by atoms with van der Waals surface area (Å²) in [5, 5.41) is 3.19. The quantitative estimate of drug-likeness (QED) is 0.501. The zero-order valence-electron chi connectivity index (χ0n) is 6.31. The van der Waals surface area contributed by atoms with Gasteiger partial charge in [-0.05, 0) is 13.0 Å². The highest BCUT2D eigenvalue weighted by atomic mass is 35.5. The molecule has 1 atom stereocenters. The van der Waals surface area contributed by atoms with Crippen LogP contribution in [0, 0.1) is 5.92 Å². The molecule has 0 aromatic heterocycles. The standard InChI is InChI=1S/C7H12ClNO2/c8-3-7(10)11-5-6-1-2-9-4-6/h6,9H,1-5H2. The molecule has 0 aromatic rings. The van der Waals surface area contributed by atoms with Gasteiger partial charge < -0.3 is 10.1 Å². The number of hydrogen-bond acceptors (Lipinski definition) is 3. The highest BCUT2D eigenvalue weighted by Gasteiger charge is 2.15. The van der Waals surface area contributed by atoms with E-state index in [1.165, 1.54) is 0 Å². The maximum atomic E-state index is 10.6. The van der Waals surface area contributed by atoms with Crippen LogP contribution in [0.5, 0.6) is 0 Å². The summed E-state index contributed by atoms with van der Waals surface area (Å²) in [5.74, 6) is 0.126. The second-order valence-electron chi connectivity index (χ2n) is 2.68. The van der Waals surface area contributed by atoms with Crippen LogP contribution in [0.1, 0.15) is 6.42 Å². The first kappa shape index (κ1) is 8.81. The van der Waals surface area contributed by atoms with E-state index in [0.717, 1.165) is 19.5 Å². The molecule has 4 heteroatoms. The van der Waals surface area contributed by atoms with Crippen molar-refractivity contribution in [2.45, 2.75) is 6.42 Å². The molecule has 0 bridgehead atoms. The Labute approximate surface area is 71.1 Å². The third kappa shape index (κ3) is 3.08. The molecule has 1 aliphatic heterocycles. The lowest BCUT2D eigenvalue weighted by Gasteiger charge is -2.07. The number of halogens is 1. The molecule has 0 radical (unpaired) electrons. The van der Waals surface area contributed by atoms with E-state index < -0.39 is 0 Å². The van der Waals surface area contributed by atoms with Crippen molar-refractivity contribution >= 4 is 17.6 Å². The monoisotopic (exact) mass is 177 g/mol. The maximum absolute atomic E-state index is 10.6. The van der Waals surface area contributed by atoms with Crippen molar-refractivity contribution in [3.8, 4) is 0 Å². The van der Waals surface area contributed by atoms with Crippen molar-refractivity contribution in [2.75, 3.05) is 25.6 Å². The van der Waals surface area contributed by atoms with E-state index in [2.05, 4.69) is 5.32 Å². The number of hydrogen-bond donors (Lipinski definition) is 1. The molecule has 1 heterocycles. The maximum Gasteiger partial charge on any atom is 0.320 e. The minimum absolute atomic E-state index is 0.0415. The van der Waals surface area contributed by atoms with Gasteiger partial charge in [-0.15, -0.1) is 11.6 Å². The van der Waals surface area contributed by atoms with Crippen molar-refractivity contribution in [1.82, 2.24) is 5.32 Å². The van der Waals surface area contributed by atoms with Crippen LogP contribution in [0.15, 0.2) is 0 Å². The van der Waals surface area contributed by atoms with Crippen LogP contribution in [0.4, 0.5) is 0 Å². The Morgan fingerprint density at radius 1 is 1.73 bits per heavy atom. The van der Waals surface area contributed by atoms with Gasteiger partial charge in [0.15, 0.2) is 0 Å². The van der Waals surface area contributed by atoms with Crippen LogP contribution in [-0.2, 0) is 9.53 Å². The van der Waals surface area contributed by atoms with Crippen LogP contribution in [0.25, 0.3) is 0 Å². The predicted molar refractivity (Wildman–Crippen MR) is 42.7 cm³/mol. The van der Waals surface area contributed by atoms with Gasteiger partial charge in [0.2, 0.25) is 0 Å². The van der Waals surface area contributed by atoms with Gasteiger partial charge in [-0.2, -0.15) is 0 Å². The molecule has 1 saturated heterocycles. The molecule has 3 nitrogen and oxygen atoms in total. The Bertz CT molecular complexity index is 134. The Hall–Kier alpha value is -0.280. The van der Waals surface area contributed by atoms with Gasteiger partial charge in [0.25, 0.3) is 0 Å². The molecule has 64 valence electrons. The largest absolute Gasteiger partial charge is 0.464 e. The lowest BCUT2D eigenvalue weighted by molar-refractivity contribution is -0.141. The number of alkyl halides is 1. The van der Waals surface area contributed by atoms with Crippen LogP contribution in [-0.4, -0.2) is 31.5 Å². The van der Waals surface area contributed by atoms with Crippen LogP contribution in [0.3, 0.4) is 0 Å². The molecule has 0 spiro atoms. The summed E-state index contributed by atoms with van der Waals surface area (Å²) < 4.78 is 4.86. The van der Waals surface area contributed by atoms with Crippen LogP contribution >= 0.6 is 11.6 Å². The summed E-state index contributed by atoms with van der Waals surface area (Å²) in [7, 11) is 0. The average Bonchev–Trinajstić information content (AvgIpc) is 2.52. The summed E-state index contributed by atoms with van der Waals surface area (Å²) in [6, 6.07) is 0. The number of carbonyl (C=O) groups is 1. The lowest BCUT2D eigenvalue weighted by Crippen LogP contribution is -2.17. The van der Waals surface area contributed by atoms with E-state index in [9.17, 15) is 4.79 Å².